The third-order valence-electron chi connectivity index (χ3n) is 3.46. The SMILES string of the molecule is CC(C)Oc1ccc(C(N)C2(CN)COC2)cc1. The maximum atomic E-state index is 6.30. The minimum absolute atomic E-state index is 0.0793. The summed E-state index contributed by atoms with van der Waals surface area (Å²) in [5, 5.41) is 0. The lowest BCUT2D eigenvalue weighted by Crippen LogP contribution is -2.54. The highest BCUT2D eigenvalue weighted by Crippen LogP contribution is 2.38. The third-order valence-corrected chi connectivity index (χ3v) is 3.46. The summed E-state index contributed by atoms with van der Waals surface area (Å²) in [6.07, 6.45) is 0.180. The van der Waals surface area contributed by atoms with Gasteiger partial charge in [-0.25, -0.2) is 0 Å². The van der Waals surface area contributed by atoms with E-state index in [-0.39, 0.29) is 17.6 Å². The first-order valence-electron chi connectivity index (χ1n) is 6.37. The molecule has 100 valence electrons. The molecule has 1 unspecified atom stereocenters. The van der Waals surface area contributed by atoms with Crippen LogP contribution in [0.5, 0.6) is 5.75 Å². The van der Waals surface area contributed by atoms with E-state index < -0.39 is 0 Å². The van der Waals surface area contributed by atoms with Crippen LogP contribution in [0, 0.1) is 5.41 Å². The third kappa shape index (κ3) is 2.51. The quantitative estimate of drug-likeness (QED) is 0.829. The van der Waals surface area contributed by atoms with Gasteiger partial charge >= 0.3 is 0 Å². The fourth-order valence-electron chi connectivity index (χ4n) is 2.17. The Morgan fingerprint density at radius 3 is 2.28 bits per heavy atom. The molecule has 4 N–H and O–H groups in total. The highest BCUT2D eigenvalue weighted by molar-refractivity contribution is 5.30. The Morgan fingerprint density at radius 2 is 1.89 bits per heavy atom. The van der Waals surface area contributed by atoms with Crippen LogP contribution in [0.3, 0.4) is 0 Å². The highest BCUT2D eigenvalue weighted by atomic mass is 16.5. The number of nitrogens with two attached hydrogens (primary N) is 2. The molecule has 0 aliphatic carbocycles. The Balaban J connectivity index is 2.09. The van der Waals surface area contributed by atoms with Gasteiger partial charge in [0.25, 0.3) is 0 Å². The van der Waals surface area contributed by atoms with Crippen molar-refractivity contribution in [2.45, 2.75) is 26.0 Å². The molecule has 1 aliphatic rings. The van der Waals surface area contributed by atoms with Crippen LogP contribution >= 0.6 is 0 Å². The average molecular weight is 250 g/mol. The van der Waals surface area contributed by atoms with E-state index >= 15 is 0 Å². The van der Waals surface area contributed by atoms with E-state index in [0.29, 0.717) is 19.8 Å². The second-order valence-electron chi connectivity index (χ2n) is 5.27. The molecule has 1 fully saturated rings. The first-order valence-corrected chi connectivity index (χ1v) is 6.37. The number of benzene rings is 1. The van der Waals surface area contributed by atoms with Crippen molar-refractivity contribution in [2.24, 2.45) is 16.9 Å². The van der Waals surface area contributed by atoms with Crippen LogP contribution in [0.4, 0.5) is 0 Å². The standard InChI is InChI=1S/C14H22N2O2/c1-10(2)18-12-5-3-11(4-6-12)13(16)14(7-15)8-17-9-14/h3-6,10,13H,7-9,15-16H2,1-2H3. The fraction of sp³-hybridized carbons (Fsp3) is 0.571. The van der Waals surface area contributed by atoms with Gasteiger partial charge in [-0.3, -0.25) is 0 Å². The van der Waals surface area contributed by atoms with Gasteiger partial charge in [0.1, 0.15) is 5.75 Å². The Morgan fingerprint density at radius 1 is 1.28 bits per heavy atom. The molecule has 0 spiro atoms. The molecular weight excluding hydrogens is 228 g/mol. The summed E-state index contributed by atoms with van der Waals surface area (Å²) in [6.45, 7) is 5.87. The van der Waals surface area contributed by atoms with Crippen molar-refractivity contribution in [3.63, 3.8) is 0 Å². The molecule has 4 nitrogen and oxygen atoms in total. The van der Waals surface area contributed by atoms with Crippen molar-refractivity contribution in [3.8, 4) is 5.75 Å². The van der Waals surface area contributed by atoms with Gasteiger partial charge in [0.05, 0.1) is 19.3 Å². The molecule has 4 heteroatoms. The molecule has 1 saturated heterocycles. The lowest BCUT2D eigenvalue weighted by atomic mass is 9.76. The van der Waals surface area contributed by atoms with Gasteiger partial charge in [-0.1, -0.05) is 12.1 Å². The van der Waals surface area contributed by atoms with Gasteiger partial charge in [0.15, 0.2) is 0 Å². The molecule has 0 amide bonds. The smallest absolute Gasteiger partial charge is 0.119 e. The zero-order chi connectivity index (χ0) is 13.2. The Hall–Kier alpha value is -1.10. The summed E-state index contributed by atoms with van der Waals surface area (Å²) < 4.78 is 10.9. The normalized spacial score (nSPS) is 19.4. The van der Waals surface area contributed by atoms with E-state index in [1.165, 1.54) is 0 Å². The molecule has 1 heterocycles. The molecule has 1 aliphatic heterocycles. The average Bonchev–Trinajstić information content (AvgIpc) is 2.28. The number of rotatable bonds is 5. The van der Waals surface area contributed by atoms with Gasteiger partial charge in [-0.05, 0) is 31.5 Å². The maximum absolute atomic E-state index is 6.30. The van der Waals surface area contributed by atoms with Crippen molar-refractivity contribution in [1.29, 1.82) is 0 Å². The summed E-state index contributed by atoms with van der Waals surface area (Å²) in [7, 11) is 0. The van der Waals surface area contributed by atoms with Crippen molar-refractivity contribution < 1.29 is 9.47 Å². The van der Waals surface area contributed by atoms with Crippen LogP contribution < -0.4 is 16.2 Å². The molecule has 18 heavy (non-hydrogen) atoms. The van der Waals surface area contributed by atoms with Crippen LogP contribution in [0.25, 0.3) is 0 Å². The van der Waals surface area contributed by atoms with Gasteiger partial charge in [-0.2, -0.15) is 0 Å². The number of hydrogen-bond acceptors (Lipinski definition) is 4. The molecule has 1 aromatic carbocycles. The summed E-state index contributed by atoms with van der Waals surface area (Å²) in [6, 6.07) is 7.86. The van der Waals surface area contributed by atoms with E-state index in [1.807, 2.05) is 38.1 Å². The van der Waals surface area contributed by atoms with Crippen LogP contribution in [-0.2, 0) is 4.74 Å². The lowest BCUT2D eigenvalue weighted by molar-refractivity contribution is -0.121. The second-order valence-corrected chi connectivity index (χ2v) is 5.27. The highest BCUT2D eigenvalue weighted by Gasteiger charge is 2.43. The van der Waals surface area contributed by atoms with Gasteiger partial charge in [0, 0.05) is 18.0 Å². The Bertz CT molecular complexity index is 380. The summed E-state index contributed by atoms with van der Waals surface area (Å²) >= 11 is 0. The largest absolute Gasteiger partial charge is 0.491 e. The monoisotopic (exact) mass is 250 g/mol. The Labute approximate surface area is 108 Å². The van der Waals surface area contributed by atoms with E-state index in [9.17, 15) is 0 Å². The van der Waals surface area contributed by atoms with Crippen LogP contribution in [0.2, 0.25) is 0 Å². The van der Waals surface area contributed by atoms with E-state index in [0.717, 1.165) is 11.3 Å². The predicted octanol–water partition coefficient (Wildman–Crippen LogP) is 1.45. The minimum Gasteiger partial charge on any atom is -0.491 e. The topological polar surface area (TPSA) is 70.5 Å². The van der Waals surface area contributed by atoms with Gasteiger partial charge in [-0.15, -0.1) is 0 Å². The maximum Gasteiger partial charge on any atom is 0.119 e. The zero-order valence-corrected chi connectivity index (χ0v) is 11.1. The van der Waals surface area contributed by atoms with Crippen LogP contribution in [0.15, 0.2) is 24.3 Å². The first-order chi connectivity index (χ1) is 8.57. The summed E-state index contributed by atoms with van der Waals surface area (Å²) in [4.78, 5) is 0. The molecular formula is C14H22N2O2. The lowest BCUT2D eigenvalue weighted by Gasteiger charge is -2.45. The van der Waals surface area contributed by atoms with E-state index in [4.69, 9.17) is 20.9 Å². The van der Waals surface area contributed by atoms with Gasteiger partial charge < -0.3 is 20.9 Å². The van der Waals surface area contributed by atoms with E-state index in [1.54, 1.807) is 0 Å². The first kappa shape index (κ1) is 13.3. The van der Waals surface area contributed by atoms with Crippen molar-refractivity contribution in [2.75, 3.05) is 19.8 Å². The van der Waals surface area contributed by atoms with Crippen molar-refractivity contribution in [1.82, 2.24) is 0 Å². The van der Waals surface area contributed by atoms with Crippen molar-refractivity contribution in [3.05, 3.63) is 29.8 Å². The predicted molar refractivity (Wildman–Crippen MR) is 71.4 cm³/mol. The zero-order valence-electron chi connectivity index (χ0n) is 11.1. The second kappa shape index (κ2) is 5.26. The summed E-state index contributed by atoms with van der Waals surface area (Å²) in [5.74, 6) is 0.868. The van der Waals surface area contributed by atoms with E-state index in [2.05, 4.69) is 0 Å². The van der Waals surface area contributed by atoms with Crippen molar-refractivity contribution >= 4 is 0 Å². The molecule has 0 saturated carbocycles. The number of ether oxygens (including phenoxy) is 2. The minimum atomic E-state index is -0.0968. The molecule has 1 atom stereocenters. The fourth-order valence-corrected chi connectivity index (χ4v) is 2.17. The Kier molecular flexibility index (Phi) is 3.90. The molecule has 0 aromatic heterocycles. The molecule has 0 radical (unpaired) electrons. The molecule has 1 aromatic rings. The van der Waals surface area contributed by atoms with Gasteiger partial charge in [0.2, 0.25) is 0 Å². The molecule has 0 bridgehead atoms. The summed E-state index contributed by atoms with van der Waals surface area (Å²) in [5.41, 5.74) is 13.1. The van der Waals surface area contributed by atoms with Crippen LogP contribution in [0.1, 0.15) is 25.5 Å². The number of hydrogen-bond donors (Lipinski definition) is 2. The van der Waals surface area contributed by atoms with Crippen LogP contribution in [-0.4, -0.2) is 25.9 Å². The molecule has 2 rings (SSSR count).